The molecule has 0 N–H and O–H groups in total. The number of nitrogens with zero attached hydrogens (tertiary/aromatic N) is 5. The van der Waals surface area contributed by atoms with Gasteiger partial charge in [0.05, 0.1) is 6.20 Å². The molecule has 2 fully saturated rings. The third kappa shape index (κ3) is 4.47. The molecule has 7 nitrogen and oxygen atoms in total. The van der Waals surface area contributed by atoms with Gasteiger partial charge >= 0.3 is 0 Å². The molecule has 2 saturated heterocycles. The smallest absolute Gasteiger partial charge is 0.259 e. The summed E-state index contributed by atoms with van der Waals surface area (Å²) in [4.78, 5) is 18.4. The third-order valence-electron chi connectivity index (χ3n) is 6.73. The van der Waals surface area contributed by atoms with Crippen molar-refractivity contribution < 1.29 is 9.53 Å². The van der Waals surface area contributed by atoms with Gasteiger partial charge in [-0.05, 0) is 63.2 Å². The number of methoxy groups -OCH3 is 1. The average Bonchev–Trinajstić information content (AvgIpc) is 3.42. The highest BCUT2D eigenvalue weighted by Gasteiger charge is 2.35. The molecule has 2 aliphatic rings. The van der Waals surface area contributed by atoms with E-state index in [0.29, 0.717) is 24.1 Å². The highest BCUT2D eigenvalue weighted by molar-refractivity contribution is 5.97. The molecule has 0 aliphatic carbocycles. The molecule has 4 rings (SSSR count). The second-order valence-electron chi connectivity index (χ2n) is 8.69. The van der Waals surface area contributed by atoms with Gasteiger partial charge in [-0.2, -0.15) is 5.10 Å². The first kappa shape index (κ1) is 21.1. The summed E-state index contributed by atoms with van der Waals surface area (Å²) < 4.78 is 9.02. The lowest BCUT2D eigenvalue weighted by Gasteiger charge is -2.45. The van der Waals surface area contributed by atoms with E-state index in [4.69, 9.17) is 4.74 Å². The molecule has 2 aliphatic heterocycles. The van der Waals surface area contributed by atoms with Gasteiger partial charge in [0.15, 0.2) is 0 Å². The van der Waals surface area contributed by atoms with Crippen LogP contribution in [0.3, 0.4) is 0 Å². The number of amides is 1. The van der Waals surface area contributed by atoms with Crippen LogP contribution in [0, 0.1) is 5.92 Å². The Morgan fingerprint density at radius 3 is 2.80 bits per heavy atom. The number of carbonyl (C=O) groups excluding carboxylic acids is 1. The second kappa shape index (κ2) is 9.79. The zero-order valence-electron chi connectivity index (χ0n) is 18.4. The monoisotopic (exact) mass is 413 g/mol. The molecule has 2 atom stereocenters. The maximum absolute atomic E-state index is 13.7. The number of fused-ring (bicyclic) bond motifs is 1. The minimum atomic E-state index is 0.0795. The van der Waals surface area contributed by atoms with E-state index < -0.39 is 0 Å². The van der Waals surface area contributed by atoms with Crippen LogP contribution in [0.25, 0.3) is 5.82 Å². The van der Waals surface area contributed by atoms with E-state index in [-0.39, 0.29) is 5.91 Å². The van der Waals surface area contributed by atoms with Gasteiger partial charge in [-0.15, -0.1) is 0 Å². The molecule has 0 unspecified atom stereocenters. The average molecular weight is 414 g/mol. The quantitative estimate of drug-likeness (QED) is 0.625. The van der Waals surface area contributed by atoms with Crippen molar-refractivity contribution >= 4 is 5.91 Å². The van der Waals surface area contributed by atoms with E-state index in [9.17, 15) is 4.79 Å². The van der Waals surface area contributed by atoms with E-state index in [1.54, 1.807) is 18.0 Å². The number of hydrogen-bond acceptors (Lipinski definition) is 4. The summed E-state index contributed by atoms with van der Waals surface area (Å²) in [5.74, 6) is 1.46. The summed E-state index contributed by atoms with van der Waals surface area (Å²) >= 11 is 0. The summed E-state index contributed by atoms with van der Waals surface area (Å²) in [6.07, 6.45) is 12.8. The first-order valence-electron chi connectivity index (χ1n) is 11.4. The zero-order valence-corrected chi connectivity index (χ0v) is 18.4. The van der Waals surface area contributed by atoms with Crippen molar-refractivity contribution in [3.63, 3.8) is 0 Å². The topological polar surface area (TPSA) is 55.5 Å². The number of ether oxygens (including phenoxy) is 1. The van der Waals surface area contributed by atoms with Crippen LogP contribution in [0.1, 0.15) is 48.9 Å². The van der Waals surface area contributed by atoms with Gasteiger partial charge in [0.2, 0.25) is 0 Å². The Kier molecular flexibility index (Phi) is 6.89. The Labute approximate surface area is 179 Å². The van der Waals surface area contributed by atoms with E-state index in [0.717, 1.165) is 25.3 Å². The van der Waals surface area contributed by atoms with Crippen molar-refractivity contribution in [2.45, 2.75) is 44.6 Å². The molecular formula is C23H35N5O2. The molecule has 2 aromatic heterocycles. The van der Waals surface area contributed by atoms with Crippen LogP contribution in [-0.4, -0.2) is 76.0 Å². The van der Waals surface area contributed by atoms with Crippen LogP contribution < -0.4 is 0 Å². The van der Waals surface area contributed by atoms with Gasteiger partial charge in [-0.1, -0.05) is 6.42 Å². The fourth-order valence-electron chi connectivity index (χ4n) is 5.28. The molecule has 4 heterocycles. The lowest BCUT2D eigenvalue weighted by atomic mass is 9.83. The third-order valence-corrected chi connectivity index (χ3v) is 6.73. The van der Waals surface area contributed by atoms with E-state index in [1.165, 1.54) is 45.2 Å². The molecule has 0 radical (unpaired) electrons. The summed E-state index contributed by atoms with van der Waals surface area (Å²) in [6, 6.07) is 4.57. The van der Waals surface area contributed by atoms with Crippen molar-refractivity contribution in [2.24, 2.45) is 13.0 Å². The van der Waals surface area contributed by atoms with Crippen molar-refractivity contribution in [3.8, 4) is 5.82 Å². The number of hydrogen-bond donors (Lipinski definition) is 0. The van der Waals surface area contributed by atoms with Crippen LogP contribution in [0.2, 0.25) is 0 Å². The van der Waals surface area contributed by atoms with Gasteiger partial charge in [-0.25, -0.2) is 0 Å². The maximum atomic E-state index is 13.7. The predicted molar refractivity (Wildman–Crippen MR) is 117 cm³/mol. The SMILES string of the molecule is COCCCN(C[C@@H]1CCCN2CCCC[C@H]12)C(=O)c1cnn(C)c1-n1cccc1. The summed E-state index contributed by atoms with van der Waals surface area (Å²) in [6.45, 7) is 4.65. The zero-order chi connectivity index (χ0) is 20.9. The Hall–Kier alpha value is -2.12. The van der Waals surface area contributed by atoms with E-state index in [2.05, 4.69) is 14.9 Å². The molecule has 0 saturated carbocycles. The Morgan fingerprint density at radius 2 is 2.00 bits per heavy atom. The van der Waals surface area contributed by atoms with Gasteiger partial charge in [0, 0.05) is 52.3 Å². The van der Waals surface area contributed by atoms with Crippen LogP contribution in [-0.2, 0) is 11.8 Å². The van der Waals surface area contributed by atoms with E-state index in [1.807, 2.05) is 36.1 Å². The molecule has 0 spiro atoms. The first-order chi connectivity index (χ1) is 14.7. The molecule has 7 heteroatoms. The minimum Gasteiger partial charge on any atom is -0.385 e. The van der Waals surface area contributed by atoms with Crippen LogP contribution in [0.5, 0.6) is 0 Å². The highest BCUT2D eigenvalue weighted by atomic mass is 16.5. The molecule has 2 aromatic rings. The summed E-state index contributed by atoms with van der Waals surface area (Å²) in [7, 11) is 3.61. The number of aryl methyl sites for hydroxylation is 1. The largest absolute Gasteiger partial charge is 0.385 e. The Bertz CT molecular complexity index is 814. The van der Waals surface area contributed by atoms with Gasteiger partial charge in [-0.3, -0.25) is 9.48 Å². The molecular weight excluding hydrogens is 378 g/mol. The second-order valence-corrected chi connectivity index (χ2v) is 8.69. The summed E-state index contributed by atoms with van der Waals surface area (Å²) in [5, 5.41) is 4.40. The fraction of sp³-hybridized carbons (Fsp3) is 0.652. The Balaban J connectivity index is 1.56. The van der Waals surface area contributed by atoms with Gasteiger partial charge < -0.3 is 19.1 Å². The highest BCUT2D eigenvalue weighted by Crippen LogP contribution is 2.32. The van der Waals surface area contributed by atoms with Gasteiger partial charge in [0.1, 0.15) is 11.4 Å². The molecule has 0 bridgehead atoms. The first-order valence-corrected chi connectivity index (χ1v) is 11.4. The number of piperidine rings is 2. The van der Waals surface area contributed by atoms with E-state index >= 15 is 0 Å². The number of aromatic nitrogens is 3. The number of rotatable bonds is 8. The van der Waals surface area contributed by atoms with Crippen LogP contribution in [0.15, 0.2) is 30.7 Å². The fourth-order valence-corrected chi connectivity index (χ4v) is 5.28. The lowest BCUT2D eigenvalue weighted by molar-refractivity contribution is 0.0347. The predicted octanol–water partition coefficient (Wildman–Crippen LogP) is 2.95. The van der Waals surface area contributed by atoms with Crippen LogP contribution >= 0.6 is 0 Å². The standard InChI is InChI=1S/C23H35N5O2/c1-25-22(27-12-5-6-13-27)20(17-24-25)23(29)28(15-8-16-30-2)18-19-9-7-14-26-11-4-3-10-21(19)26/h5-6,12-13,17,19,21H,3-4,7-11,14-16,18H2,1-2H3/t19-,21+/m0/s1. The summed E-state index contributed by atoms with van der Waals surface area (Å²) in [5.41, 5.74) is 0.669. The van der Waals surface area contributed by atoms with Gasteiger partial charge in [0.25, 0.3) is 5.91 Å². The maximum Gasteiger partial charge on any atom is 0.259 e. The van der Waals surface area contributed by atoms with Crippen molar-refractivity contribution in [2.75, 3.05) is 39.9 Å². The lowest BCUT2D eigenvalue weighted by Crippen LogP contribution is -2.51. The van der Waals surface area contributed by atoms with Crippen molar-refractivity contribution in [1.29, 1.82) is 0 Å². The molecule has 164 valence electrons. The normalized spacial score (nSPS) is 22.1. The number of carbonyl (C=O) groups is 1. The molecule has 1 amide bonds. The van der Waals surface area contributed by atoms with Crippen molar-refractivity contribution in [1.82, 2.24) is 24.1 Å². The Morgan fingerprint density at radius 1 is 1.20 bits per heavy atom. The van der Waals surface area contributed by atoms with Crippen LogP contribution in [0.4, 0.5) is 0 Å². The molecule has 30 heavy (non-hydrogen) atoms. The molecule has 0 aromatic carbocycles. The minimum absolute atomic E-state index is 0.0795. The van der Waals surface area contributed by atoms with Crippen molar-refractivity contribution in [3.05, 3.63) is 36.3 Å².